The molecule has 0 aliphatic carbocycles. The van der Waals surface area contributed by atoms with Crippen molar-refractivity contribution in [1.82, 2.24) is 25.5 Å². The Kier molecular flexibility index (Phi) is 5.38. The van der Waals surface area contributed by atoms with Gasteiger partial charge in [-0.2, -0.15) is 4.80 Å². The maximum Gasteiger partial charge on any atom is 0.175 e. The van der Waals surface area contributed by atoms with Crippen molar-refractivity contribution >= 4 is 0 Å². The SMILES string of the molecule is CC(C)CNCCC(C)Cc1nnn(C)n1. The zero-order valence-electron chi connectivity index (χ0n) is 10.8. The second-order valence-electron chi connectivity index (χ2n) is 4.89. The quantitative estimate of drug-likeness (QED) is 0.704. The van der Waals surface area contributed by atoms with Gasteiger partial charge in [-0.05, 0) is 36.6 Å². The van der Waals surface area contributed by atoms with E-state index >= 15 is 0 Å². The third-order valence-electron chi connectivity index (χ3n) is 2.45. The first-order valence-corrected chi connectivity index (χ1v) is 6.01. The second kappa shape index (κ2) is 6.58. The first-order chi connectivity index (χ1) is 7.58. The Labute approximate surface area is 97.6 Å². The van der Waals surface area contributed by atoms with E-state index in [9.17, 15) is 0 Å². The van der Waals surface area contributed by atoms with Gasteiger partial charge in [0.05, 0.1) is 7.05 Å². The number of aryl methyl sites for hydroxylation is 1. The lowest BCUT2D eigenvalue weighted by atomic mass is 10.0. The van der Waals surface area contributed by atoms with Crippen molar-refractivity contribution in [2.24, 2.45) is 18.9 Å². The molecule has 92 valence electrons. The van der Waals surface area contributed by atoms with Crippen LogP contribution in [0.25, 0.3) is 0 Å². The number of hydrogen-bond acceptors (Lipinski definition) is 4. The summed E-state index contributed by atoms with van der Waals surface area (Å²) in [5, 5.41) is 15.4. The molecule has 0 saturated carbocycles. The van der Waals surface area contributed by atoms with Gasteiger partial charge in [-0.1, -0.05) is 20.8 Å². The summed E-state index contributed by atoms with van der Waals surface area (Å²) in [4.78, 5) is 1.51. The second-order valence-corrected chi connectivity index (χ2v) is 4.89. The fraction of sp³-hybridized carbons (Fsp3) is 0.909. The Morgan fingerprint density at radius 2 is 2.06 bits per heavy atom. The van der Waals surface area contributed by atoms with Crippen molar-refractivity contribution in [3.8, 4) is 0 Å². The lowest BCUT2D eigenvalue weighted by molar-refractivity contribution is 0.467. The lowest BCUT2D eigenvalue weighted by Crippen LogP contribution is -2.22. The smallest absolute Gasteiger partial charge is 0.175 e. The molecule has 0 fully saturated rings. The zero-order valence-corrected chi connectivity index (χ0v) is 10.8. The van der Waals surface area contributed by atoms with E-state index in [0.29, 0.717) is 5.92 Å². The van der Waals surface area contributed by atoms with Gasteiger partial charge in [-0.25, -0.2) is 0 Å². The summed E-state index contributed by atoms with van der Waals surface area (Å²) in [5.74, 6) is 2.17. The summed E-state index contributed by atoms with van der Waals surface area (Å²) >= 11 is 0. The van der Waals surface area contributed by atoms with E-state index in [4.69, 9.17) is 0 Å². The Bertz CT molecular complexity index is 294. The summed E-state index contributed by atoms with van der Waals surface area (Å²) in [5.41, 5.74) is 0. The van der Waals surface area contributed by atoms with Gasteiger partial charge in [0.25, 0.3) is 0 Å². The minimum Gasteiger partial charge on any atom is -0.316 e. The third kappa shape index (κ3) is 5.21. The fourth-order valence-corrected chi connectivity index (χ4v) is 1.56. The number of aromatic nitrogens is 4. The normalized spacial score (nSPS) is 13.3. The zero-order chi connectivity index (χ0) is 12.0. The Morgan fingerprint density at radius 3 is 2.62 bits per heavy atom. The predicted molar refractivity (Wildman–Crippen MR) is 64.0 cm³/mol. The van der Waals surface area contributed by atoms with Crippen LogP contribution in [0, 0.1) is 11.8 Å². The highest BCUT2D eigenvalue weighted by Gasteiger charge is 2.07. The predicted octanol–water partition coefficient (Wildman–Crippen LogP) is 1.02. The summed E-state index contributed by atoms with van der Waals surface area (Å²) in [7, 11) is 1.80. The van der Waals surface area contributed by atoms with Crippen molar-refractivity contribution in [1.29, 1.82) is 0 Å². The molecule has 1 aromatic heterocycles. The van der Waals surface area contributed by atoms with Crippen LogP contribution in [-0.4, -0.2) is 33.3 Å². The largest absolute Gasteiger partial charge is 0.316 e. The first-order valence-electron chi connectivity index (χ1n) is 6.01. The molecule has 0 saturated heterocycles. The molecular weight excluding hydrogens is 202 g/mol. The third-order valence-corrected chi connectivity index (χ3v) is 2.45. The summed E-state index contributed by atoms with van der Waals surface area (Å²) in [6.07, 6.45) is 2.07. The summed E-state index contributed by atoms with van der Waals surface area (Å²) in [6.45, 7) is 8.84. The molecule has 1 unspecified atom stereocenters. The van der Waals surface area contributed by atoms with Gasteiger partial charge in [0.15, 0.2) is 5.82 Å². The average Bonchev–Trinajstić information content (AvgIpc) is 2.58. The highest BCUT2D eigenvalue weighted by Crippen LogP contribution is 2.06. The standard InChI is InChI=1S/C11H23N5/c1-9(2)8-12-6-5-10(3)7-11-13-15-16(4)14-11/h9-10,12H,5-8H2,1-4H3. The highest BCUT2D eigenvalue weighted by molar-refractivity contribution is 4.79. The van der Waals surface area contributed by atoms with E-state index in [1.54, 1.807) is 7.05 Å². The van der Waals surface area contributed by atoms with Gasteiger partial charge in [-0.3, -0.25) is 0 Å². The number of nitrogens with zero attached hydrogens (tertiary/aromatic N) is 4. The van der Waals surface area contributed by atoms with Crippen LogP contribution in [0.1, 0.15) is 33.0 Å². The van der Waals surface area contributed by atoms with Gasteiger partial charge < -0.3 is 5.32 Å². The van der Waals surface area contributed by atoms with E-state index in [1.165, 1.54) is 4.80 Å². The average molecular weight is 225 g/mol. The molecule has 0 aliphatic heterocycles. The molecule has 0 aliphatic rings. The van der Waals surface area contributed by atoms with Crippen LogP contribution >= 0.6 is 0 Å². The molecule has 0 spiro atoms. The van der Waals surface area contributed by atoms with Gasteiger partial charge in [0.1, 0.15) is 0 Å². The Hall–Kier alpha value is -0.970. The van der Waals surface area contributed by atoms with Crippen LogP contribution in [0.3, 0.4) is 0 Å². The molecule has 1 aromatic rings. The van der Waals surface area contributed by atoms with E-state index < -0.39 is 0 Å². The van der Waals surface area contributed by atoms with Gasteiger partial charge in [0, 0.05) is 6.42 Å². The van der Waals surface area contributed by atoms with E-state index in [2.05, 4.69) is 41.5 Å². The molecule has 0 amide bonds. The molecule has 5 nitrogen and oxygen atoms in total. The number of nitrogens with one attached hydrogen (secondary N) is 1. The lowest BCUT2D eigenvalue weighted by Gasteiger charge is -2.11. The molecule has 16 heavy (non-hydrogen) atoms. The summed E-state index contributed by atoms with van der Waals surface area (Å²) < 4.78 is 0. The topological polar surface area (TPSA) is 55.6 Å². The maximum absolute atomic E-state index is 4.18. The molecule has 1 N–H and O–H groups in total. The van der Waals surface area contributed by atoms with E-state index in [1.807, 2.05) is 0 Å². The maximum atomic E-state index is 4.18. The van der Waals surface area contributed by atoms with Crippen LogP contribution < -0.4 is 5.32 Å². The Balaban J connectivity index is 2.13. The molecule has 1 rings (SSSR count). The van der Waals surface area contributed by atoms with Crippen molar-refractivity contribution in [2.75, 3.05) is 13.1 Å². The van der Waals surface area contributed by atoms with Crippen molar-refractivity contribution in [3.05, 3.63) is 5.82 Å². The van der Waals surface area contributed by atoms with Crippen molar-refractivity contribution in [2.45, 2.75) is 33.6 Å². The fourth-order valence-electron chi connectivity index (χ4n) is 1.56. The van der Waals surface area contributed by atoms with Crippen molar-refractivity contribution in [3.63, 3.8) is 0 Å². The van der Waals surface area contributed by atoms with Crippen LogP contribution in [0.2, 0.25) is 0 Å². The molecule has 1 heterocycles. The molecule has 5 heteroatoms. The van der Waals surface area contributed by atoms with E-state index in [-0.39, 0.29) is 0 Å². The minimum atomic E-state index is 0.601. The molecule has 0 bridgehead atoms. The van der Waals surface area contributed by atoms with Gasteiger partial charge in [0.2, 0.25) is 0 Å². The van der Waals surface area contributed by atoms with Crippen LogP contribution in [0.4, 0.5) is 0 Å². The molecule has 0 aromatic carbocycles. The van der Waals surface area contributed by atoms with E-state index in [0.717, 1.165) is 37.7 Å². The summed E-state index contributed by atoms with van der Waals surface area (Å²) in [6, 6.07) is 0. The van der Waals surface area contributed by atoms with Gasteiger partial charge >= 0.3 is 0 Å². The van der Waals surface area contributed by atoms with Crippen LogP contribution in [0.5, 0.6) is 0 Å². The highest BCUT2D eigenvalue weighted by atomic mass is 15.6. The van der Waals surface area contributed by atoms with Crippen molar-refractivity contribution < 1.29 is 0 Å². The molecule has 1 atom stereocenters. The Morgan fingerprint density at radius 1 is 1.31 bits per heavy atom. The van der Waals surface area contributed by atoms with Crippen LogP contribution in [-0.2, 0) is 13.5 Å². The van der Waals surface area contributed by atoms with Gasteiger partial charge in [-0.15, -0.1) is 10.2 Å². The molecular formula is C11H23N5. The van der Waals surface area contributed by atoms with Crippen LogP contribution in [0.15, 0.2) is 0 Å². The first kappa shape index (κ1) is 13.1. The minimum absolute atomic E-state index is 0.601. The monoisotopic (exact) mass is 225 g/mol. The number of tetrazole rings is 1. The molecule has 0 radical (unpaired) electrons. The number of rotatable bonds is 7. The number of hydrogen-bond donors (Lipinski definition) is 1.